The Morgan fingerprint density at radius 1 is 0.844 bits per heavy atom. The first-order chi connectivity index (χ1) is 15.4. The van der Waals surface area contributed by atoms with Gasteiger partial charge in [-0.25, -0.2) is 0 Å². The molecule has 0 saturated heterocycles. The minimum absolute atomic E-state index is 0.114. The van der Waals surface area contributed by atoms with Gasteiger partial charge in [0.05, 0.1) is 0 Å². The maximum atomic E-state index is 13.0. The summed E-state index contributed by atoms with van der Waals surface area (Å²) in [7, 11) is -2.21. The van der Waals surface area contributed by atoms with E-state index in [0.29, 0.717) is 12.3 Å². The second-order valence-corrected chi connectivity index (χ2v) is 15.1. The van der Waals surface area contributed by atoms with E-state index in [1.165, 1.54) is 10.4 Å². The normalized spacial score (nSPS) is 16.8. The number of fused-ring (bicyclic) bond motifs is 3. The first-order valence-corrected chi connectivity index (χ1v) is 13.9. The van der Waals surface area contributed by atoms with Gasteiger partial charge in [-0.2, -0.15) is 0 Å². The summed E-state index contributed by atoms with van der Waals surface area (Å²) in [6.07, 6.45) is 1.56. The van der Waals surface area contributed by atoms with Crippen LogP contribution in [-0.4, -0.2) is 18.8 Å². The van der Waals surface area contributed by atoms with Crippen molar-refractivity contribution < 1.29 is 4.79 Å². The van der Waals surface area contributed by atoms with Crippen LogP contribution in [0.25, 0.3) is 10.9 Å². The summed E-state index contributed by atoms with van der Waals surface area (Å²) in [4.78, 5) is 16.7. The number of benzene rings is 3. The third-order valence-corrected chi connectivity index (χ3v) is 13.8. The highest BCUT2D eigenvalue weighted by Gasteiger charge is 2.49. The zero-order valence-corrected chi connectivity index (χ0v) is 20.2. The number of para-hydroxylation sites is 1. The number of Topliss-reactive ketones (excluding diaryl/α,β-unsaturated/α-hetero) is 1. The van der Waals surface area contributed by atoms with Crippen LogP contribution in [0.15, 0.2) is 84.9 Å². The molecule has 0 saturated carbocycles. The Kier molecular flexibility index (Phi) is 5.17. The number of aromatic nitrogens is 1. The first kappa shape index (κ1) is 21.0. The molecule has 0 fully saturated rings. The molecule has 0 amide bonds. The van der Waals surface area contributed by atoms with Gasteiger partial charge >= 0.3 is 0 Å². The second-order valence-electron chi connectivity index (χ2n) is 10.2. The van der Waals surface area contributed by atoms with E-state index in [9.17, 15) is 4.79 Å². The van der Waals surface area contributed by atoms with Gasteiger partial charge in [0.2, 0.25) is 0 Å². The lowest BCUT2D eigenvalue weighted by atomic mass is 9.87. The molecule has 0 bridgehead atoms. The predicted molar refractivity (Wildman–Crippen MR) is 137 cm³/mol. The minimum Gasteiger partial charge on any atom is -0.358 e. The third-order valence-electron chi connectivity index (χ3n) is 7.51. The molecular weight excluding hydrogens is 406 g/mol. The largest absolute Gasteiger partial charge is 0.358 e. The molecule has 5 rings (SSSR count). The number of carbonyl (C=O) groups is 1. The van der Waals surface area contributed by atoms with E-state index in [2.05, 4.69) is 98.6 Å². The summed E-state index contributed by atoms with van der Waals surface area (Å²) >= 11 is 0. The molecule has 1 heterocycles. The van der Waals surface area contributed by atoms with Crippen LogP contribution in [0.3, 0.4) is 0 Å². The number of rotatable bonds is 4. The summed E-state index contributed by atoms with van der Waals surface area (Å²) in [6.45, 7) is 7.25. The topological polar surface area (TPSA) is 32.9 Å². The third kappa shape index (κ3) is 3.27. The van der Waals surface area contributed by atoms with Crippen LogP contribution >= 0.6 is 0 Å². The van der Waals surface area contributed by atoms with Crippen molar-refractivity contribution in [2.24, 2.45) is 0 Å². The number of ketones is 1. The van der Waals surface area contributed by atoms with E-state index in [4.69, 9.17) is 0 Å². The fourth-order valence-electron chi connectivity index (χ4n) is 5.94. The molecule has 0 aliphatic heterocycles. The molecule has 3 aromatic carbocycles. The SMILES string of the molecule is CC(C)(C)[Si](CC1CCC(=O)c2c1[nH]c1ccccc21)(c1ccccc1)c1ccccc1. The Bertz CT molecular complexity index is 1210. The molecule has 1 atom stereocenters. The predicted octanol–water partition coefficient (Wildman–Crippen LogP) is 6.29. The first-order valence-electron chi connectivity index (χ1n) is 11.7. The fourth-order valence-corrected chi connectivity index (χ4v) is 11.8. The number of nitrogens with one attached hydrogen (secondary N) is 1. The second kappa shape index (κ2) is 7.90. The van der Waals surface area contributed by atoms with Gasteiger partial charge in [0, 0.05) is 28.6 Å². The number of H-pyrrole nitrogens is 1. The molecule has 0 spiro atoms. The number of carbonyl (C=O) groups excluding carboxylic acids is 1. The van der Waals surface area contributed by atoms with Crippen molar-refractivity contribution in [3.8, 4) is 0 Å². The quantitative estimate of drug-likeness (QED) is 0.374. The lowest BCUT2D eigenvalue weighted by molar-refractivity contribution is 0.0969. The van der Waals surface area contributed by atoms with Crippen LogP contribution in [0, 0.1) is 0 Å². The van der Waals surface area contributed by atoms with E-state index in [1.807, 2.05) is 12.1 Å². The molecule has 0 radical (unpaired) electrons. The lowest BCUT2D eigenvalue weighted by Crippen LogP contribution is -2.64. The van der Waals surface area contributed by atoms with Crippen LogP contribution < -0.4 is 10.4 Å². The van der Waals surface area contributed by atoms with E-state index in [-0.39, 0.29) is 10.8 Å². The summed E-state index contributed by atoms with van der Waals surface area (Å²) in [6, 6.07) is 31.7. The van der Waals surface area contributed by atoms with Crippen molar-refractivity contribution >= 4 is 35.1 Å². The van der Waals surface area contributed by atoms with Crippen molar-refractivity contribution in [2.45, 2.75) is 50.6 Å². The van der Waals surface area contributed by atoms with Crippen LogP contribution in [0.2, 0.25) is 11.1 Å². The van der Waals surface area contributed by atoms with Crippen LogP contribution in [-0.2, 0) is 0 Å². The highest BCUT2D eigenvalue weighted by molar-refractivity contribution is 7.04. The van der Waals surface area contributed by atoms with Gasteiger partial charge in [-0.3, -0.25) is 4.79 Å². The van der Waals surface area contributed by atoms with Gasteiger partial charge in [-0.05, 0) is 29.5 Å². The Morgan fingerprint density at radius 2 is 1.41 bits per heavy atom. The molecule has 2 nitrogen and oxygen atoms in total. The standard InChI is InChI=1S/C29H31NOSi/c1-29(2,3)32(22-12-6-4-7-13-22,23-14-8-5-9-15-23)20-21-18-19-26(31)27-24-16-10-11-17-25(24)30-28(21)27/h4-17,21,30H,18-20H2,1-3H3. The minimum atomic E-state index is -2.21. The molecule has 162 valence electrons. The van der Waals surface area contributed by atoms with Crippen molar-refractivity contribution in [1.29, 1.82) is 0 Å². The zero-order chi connectivity index (χ0) is 22.3. The van der Waals surface area contributed by atoms with Crippen molar-refractivity contribution in [2.75, 3.05) is 0 Å². The molecule has 1 unspecified atom stereocenters. The smallest absolute Gasteiger partial charge is 0.165 e. The maximum absolute atomic E-state index is 13.0. The van der Waals surface area contributed by atoms with Crippen molar-refractivity contribution in [1.82, 2.24) is 4.98 Å². The zero-order valence-electron chi connectivity index (χ0n) is 19.2. The summed E-state index contributed by atoms with van der Waals surface area (Å²) in [5.74, 6) is 0.637. The van der Waals surface area contributed by atoms with Gasteiger partial charge in [-0.1, -0.05) is 110 Å². The maximum Gasteiger partial charge on any atom is 0.165 e. The molecule has 32 heavy (non-hydrogen) atoms. The highest BCUT2D eigenvalue weighted by Crippen LogP contribution is 2.46. The van der Waals surface area contributed by atoms with E-state index in [0.717, 1.165) is 34.6 Å². The van der Waals surface area contributed by atoms with Gasteiger partial charge in [0.1, 0.15) is 8.07 Å². The number of aromatic amines is 1. The number of hydrogen-bond acceptors (Lipinski definition) is 1. The molecule has 1 aliphatic carbocycles. The van der Waals surface area contributed by atoms with Gasteiger partial charge in [0.15, 0.2) is 5.78 Å². The molecule has 1 N–H and O–H groups in total. The molecule has 3 heteroatoms. The Morgan fingerprint density at radius 3 is 2.00 bits per heavy atom. The summed E-state index contributed by atoms with van der Waals surface area (Å²) in [5, 5.41) is 4.16. The summed E-state index contributed by atoms with van der Waals surface area (Å²) in [5.41, 5.74) is 3.19. The lowest BCUT2D eigenvalue weighted by Gasteiger charge is -2.46. The summed E-state index contributed by atoms with van der Waals surface area (Å²) < 4.78 is 0. The van der Waals surface area contributed by atoms with Crippen LogP contribution in [0.1, 0.15) is 55.6 Å². The van der Waals surface area contributed by atoms with E-state index < -0.39 is 8.07 Å². The molecule has 4 aromatic rings. The highest BCUT2D eigenvalue weighted by atomic mass is 28.3. The Labute approximate surface area is 191 Å². The number of hydrogen-bond donors (Lipinski definition) is 1. The van der Waals surface area contributed by atoms with Gasteiger partial charge in [0.25, 0.3) is 0 Å². The molecule has 1 aliphatic rings. The average Bonchev–Trinajstić information content (AvgIpc) is 3.20. The van der Waals surface area contributed by atoms with Crippen LogP contribution in [0.4, 0.5) is 0 Å². The average molecular weight is 438 g/mol. The van der Waals surface area contributed by atoms with Crippen LogP contribution in [0.5, 0.6) is 0 Å². The Hall–Kier alpha value is -2.91. The van der Waals surface area contributed by atoms with E-state index >= 15 is 0 Å². The Balaban J connectivity index is 1.72. The monoisotopic (exact) mass is 437 g/mol. The van der Waals surface area contributed by atoms with Crippen molar-refractivity contribution in [3.63, 3.8) is 0 Å². The fraction of sp³-hybridized carbons (Fsp3) is 0.276. The van der Waals surface area contributed by atoms with Gasteiger partial charge < -0.3 is 4.98 Å². The van der Waals surface area contributed by atoms with E-state index in [1.54, 1.807) is 0 Å². The molecule has 1 aromatic heterocycles. The van der Waals surface area contributed by atoms with Gasteiger partial charge in [-0.15, -0.1) is 0 Å². The molecular formula is C29H31NOSi. The van der Waals surface area contributed by atoms with Crippen molar-refractivity contribution in [3.05, 3.63) is 96.2 Å².